The fraction of sp³-hybridized carbons (Fsp3) is 0.214. The van der Waals surface area contributed by atoms with Gasteiger partial charge in [0.2, 0.25) is 0 Å². The summed E-state index contributed by atoms with van der Waals surface area (Å²) in [4.78, 5) is 3.59. The predicted octanol–water partition coefficient (Wildman–Crippen LogP) is 3.46. The standard InChI is InChI=1S/C14H13F3N2O2S/c1-2-11-6-4-8-13(18-11)19-22(20,21)12-7-3-5-10(9-12)14(15,16)17/h3-9H,2H2,1H3,(H,18,19). The second-order valence-electron chi connectivity index (χ2n) is 4.50. The summed E-state index contributed by atoms with van der Waals surface area (Å²) in [7, 11) is -4.13. The molecule has 0 spiro atoms. The second kappa shape index (κ2) is 5.96. The van der Waals surface area contributed by atoms with Gasteiger partial charge in [-0.1, -0.05) is 19.1 Å². The average Bonchev–Trinajstić information content (AvgIpc) is 2.46. The Hall–Kier alpha value is -2.09. The first-order valence-electron chi connectivity index (χ1n) is 6.38. The Kier molecular flexibility index (Phi) is 4.41. The first-order valence-corrected chi connectivity index (χ1v) is 7.86. The molecular formula is C14H13F3N2O2S. The molecule has 0 bridgehead atoms. The van der Waals surface area contributed by atoms with Crippen molar-refractivity contribution in [1.29, 1.82) is 0 Å². The van der Waals surface area contributed by atoms with Crippen molar-refractivity contribution in [3.05, 3.63) is 53.7 Å². The Labute approximate surface area is 126 Å². The van der Waals surface area contributed by atoms with E-state index in [4.69, 9.17) is 0 Å². The van der Waals surface area contributed by atoms with Gasteiger partial charge in [-0.3, -0.25) is 4.72 Å². The van der Waals surface area contributed by atoms with Crippen molar-refractivity contribution in [1.82, 2.24) is 4.98 Å². The van der Waals surface area contributed by atoms with Gasteiger partial charge in [0.25, 0.3) is 10.0 Å². The zero-order chi connectivity index (χ0) is 16.4. The van der Waals surface area contributed by atoms with Crippen LogP contribution in [0.5, 0.6) is 0 Å². The molecule has 0 fully saturated rings. The summed E-state index contributed by atoms with van der Waals surface area (Å²) in [6.07, 6.45) is -4.00. The summed E-state index contributed by atoms with van der Waals surface area (Å²) in [5.74, 6) is 0.0664. The lowest BCUT2D eigenvalue weighted by atomic mass is 10.2. The molecule has 0 amide bonds. The molecule has 0 radical (unpaired) electrons. The molecule has 0 saturated carbocycles. The highest BCUT2D eigenvalue weighted by Crippen LogP contribution is 2.30. The monoisotopic (exact) mass is 330 g/mol. The zero-order valence-electron chi connectivity index (χ0n) is 11.6. The summed E-state index contributed by atoms with van der Waals surface area (Å²) in [5.41, 5.74) is -0.352. The Morgan fingerprint density at radius 2 is 1.82 bits per heavy atom. The van der Waals surface area contributed by atoms with Gasteiger partial charge in [0.1, 0.15) is 5.82 Å². The Balaban J connectivity index is 2.34. The summed E-state index contributed by atoms with van der Waals surface area (Å²) in [6, 6.07) is 8.33. The number of aromatic nitrogens is 1. The molecule has 0 aliphatic rings. The fourth-order valence-corrected chi connectivity index (χ4v) is 2.82. The van der Waals surface area contributed by atoms with Gasteiger partial charge in [0.15, 0.2) is 0 Å². The quantitative estimate of drug-likeness (QED) is 0.934. The van der Waals surface area contributed by atoms with Gasteiger partial charge in [-0.15, -0.1) is 0 Å². The van der Waals surface area contributed by atoms with Crippen LogP contribution in [0.4, 0.5) is 19.0 Å². The molecule has 0 saturated heterocycles. The number of hydrogen-bond donors (Lipinski definition) is 1. The summed E-state index contributed by atoms with van der Waals surface area (Å²) in [6.45, 7) is 1.85. The van der Waals surface area contributed by atoms with Gasteiger partial charge in [0.05, 0.1) is 10.5 Å². The SMILES string of the molecule is CCc1cccc(NS(=O)(=O)c2cccc(C(F)(F)F)c2)n1. The number of rotatable bonds is 4. The highest BCUT2D eigenvalue weighted by Gasteiger charge is 2.31. The van der Waals surface area contributed by atoms with Crippen molar-refractivity contribution in [2.45, 2.75) is 24.4 Å². The molecule has 2 aromatic rings. The Bertz CT molecular complexity index is 774. The lowest BCUT2D eigenvalue weighted by Crippen LogP contribution is -2.15. The van der Waals surface area contributed by atoms with Crippen molar-refractivity contribution >= 4 is 15.8 Å². The first kappa shape index (κ1) is 16.3. The maximum absolute atomic E-state index is 12.7. The highest BCUT2D eigenvalue weighted by molar-refractivity contribution is 7.92. The van der Waals surface area contributed by atoms with Gasteiger partial charge in [-0.25, -0.2) is 13.4 Å². The van der Waals surface area contributed by atoms with Gasteiger partial charge >= 0.3 is 6.18 Å². The molecule has 118 valence electrons. The number of nitrogens with zero attached hydrogens (tertiary/aromatic N) is 1. The number of sulfonamides is 1. The highest BCUT2D eigenvalue weighted by atomic mass is 32.2. The van der Waals surface area contributed by atoms with Gasteiger partial charge in [-0.2, -0.15) is 13.2 Å². The summed E-state index contributed by atoms with van der Waals surface area (Å²) >= 11 is 0. The van der Waals surface area contributed by atoms with Crippen LogP contribution < -0.4 is 4.72 Å². The molecule has 1 aromatic carbocycles. The molecule has 0 aliphatic carbocycles. The molecule has 0 aliphatic heterocycles. The van der Waals surface area contributed by atoms with Crippen LogP contribution in [0.25, 0.3) is 0 Å². The Morgan fingerprint density at radius 1 is 1.14 bits per heavy atom. The van der Waals surface area contributed by atoms with E-state index >= 15 is 0 Å². The zero-order valence-corrected chi connectivity index (χ0v) is 12.4. The van der Waals surface area contributed by atoms with Gasteiger partial charge < -0.3 is 0 Å². The summed E-state index contributed by atoms with van der Waals surface area (Å²) in [5, 5.41) is 0. The summed E-state index contributed by atoms with van der Waals surface area (Å²) < 4.78 is 64.5. The molecule has 1 heterocycles. The number of pyridine rings is 1. The Morgan fingerprint density at radius 3 is 2.45 bits per heavy atom. The van der Waals surface area contributed by atoms with Crippen LogP contribution in [0.2, 0.25) is 0 Å². The van der Waals surface area contributed by atoms with E-state index in [1.807, 2.05) is 6.92 Å². The molecule has 2 rings (SSSR count). The minimum Gasteiger partial charge on any atom is -0.263 e. The van der Waals surface area contributed by atoms with E-state index in [0.717, 1.165) is 18.2 Å². The van der Waals surface area contributed by atoms with Crippen molar-refractivity contribution in [3.8, 4) is 0 Å². The van der Waals surface area contributed by atoms with Crippen LogP contribution in [-0.4, -0.2) is 13.4 Å². The van der Waals surface area contributed by atoms with Crippen LogP contribution in [0.3, 0.4) is 0 Å². The number of nitrogens with one attached hydrogen (secondary N) is 1. The van der Waals surface area contributed by atoms with Crippen molar-refractivity contribution < 1.29 is 21.6 Å². The van der Waals surface area contributed by atoms with E-state index in [2.05, 4.69) is 9.71 Å². The van der Waals surface area contributed by atoms with Crippen LogP contribution >= 0.6 is 0 Å². The molecule has 0 unspecified atom stereocenters. The molecular weight excluding hydrogens is 317 g/mol. The number of alkyl halides is 3. The van der Waals surface area contributed by atoms with E-state index in [1.165, 1.54) is 6.07 Å². The van der Waals surface area contributed by atoms with E-state index in [-0.39, 0.29) is 5.82 Å². The lowest BCUT2D eigenvalue weighted by Gasteiger charge is -2.11. The van der Waals surface area contributed by atoms with Crippen molar-refractivity contribution in [2.75, 3.05) is 4.72 Å². The van der Waals surface area contributed by atoms with E-state index < -0.39 is 26.7 Å². The van der Waals surface area contributed by atoms with Gasteiger partial charge in [0, 0.05) is 5.69 Å². The van der Waals surface area contributed by atoms with Gasteiger partial charge in [-0.05, 0) is 36.8 Å². The minimum atomic E-state index is -4.61. The third-order valence-corrected chi connectivity index (χ3v) is 4.23. The van der Waals surface area contributed by atoms with E-state index in [9.17, 15) is 21.6 Å². The molecule has 8 heteroatoms. The van der Waals surface area contributed by atoms with Crippen molar-refractivity contribution in [2.24, 2.45) is 0 Å². The number of anilines is 1. The molecule has 4 nitrogen and oxygen atoms in total. The first-order chi connectivity index (χ1) is 10.2. The third kappa shape index (κ3) is 3.76. The minimum absolute atomic E-state index is 0.0664. The van der Waals surface area contributed by atoms with E-state index in [0.29, 0.717) is 18.2 Å². The lowest BCUT2D eigenvalue weighted by molar-refractivity contribution is -0.137. The number of hydrogen-bond acceptors (Lipinski definition) is 3. The normalized spacial score (nSPS) is 12.2. The van der Waals surface area contributed by atoms with Crippen LogP contribution in [-0.2, 0) is 22.6 Å². The van der Waals surface area contributed by atoms with E-state index in [1.54, 1.807) is 12.1 Å². The molecule has 0 atom stereocenters. The third-order valence-electron chi connectivity index (χ3n) is 2.88. The van der Waals surface area contributed by atoms with Crippen LogP contribution in [0.1, 0.15) is 18.2 Å². The van der Waals surface area contributed by atoms with Crippen LogP contribution in [0.15, 0.2) is 47.4 Å². The largest absolute Gasteiger partial charge is 0.416 e. The number of benzene rings is 1. The molecule has 22 heavy (non-hydrogen) atoms. The average molecular weight is 330 g/mol. The number of aryl methyl sites for hydroxylation is 1. The smallest absolute Gasteiger partial charge is 0.263 e. The second-order valence-corrected chi connectivity index (χ2v) is 6.18. The molecule has 1 aromatic heterocycles. The number of halogens is 3. The maximum Gasteiger partial charge on any atom is 0.416 e. The van der Waals surface area contributed by atoms with Crippen LogP contribution in [0, 0.1) is 0 Å². The predicted molar refractivity (Wildman–Crippen MR) is 75.9 cm³/mol. The molecule has 1 N–H and O–H groups in total. The maximum atomic E-state index is 12.7. The topological polar surface area (TPSA) is 59.1 Å². The van der Waals surface area contributed by atoms with Crippen molar-refractivity contribution in [3.63, 3.8) is 0 Å². The fourth-order valence-electron chi connectivity index (χ4n) is 1.77.